The van der Waals surface area contributed by atoms with Gasteiger partial charge < -0.3 is 20.1 Å². The van der Waals surface area contributed by atoms with Gasteiger partial charge in [0.25, 0.3) is 5.91 Å². The molecule has 1 amide bonds. The van der Waals surface area contributed by atoms with Crippen molar-refractivity contribution in [1.82, 2.24) is 4.98 Å². The van der Waals surface area contributed by atoms with Gasteiger partial charge in [-0.15, -0.1) is 0 Å². The number of hydrogen-bond acceptors (Lipinski definition) is 5. The maximum atomic E-state index is 12.0. The van der Waals surface area contributed by atoms with Gasteiger partial charge in [-0.3, -0.25) is 4.79 Å². The van der Waals surface area contributed by atoms with Gasteiger partial charge in [0, 0.05) is 5.69 Å². The molecule has 0 bridgehead atoms. The molecule has 6 heteroatoms. The van der Waals surface area contributed by atoms with Crippen molar-refractivity contribution in [3.05, 3.63) is 72.4 Å². The summed E-state index contributed by atoms with van der Waals surface area (Å²) in [4.78, 5) is 16.3. The first-order valence-corrected chi connectivity index (χ1v) is 9.47. The maximum absolute atomic E-state index is 12.0. The number of hydrogen-bond donors (Lipinski definition) is 2. The van der Waals surface area contributed by atoms with Gasteiger partial charge in [0.15, 0.2) is 6.61 Å². The van der Waals surface area contributed by atoms with E-state index < -0.39 is 0 Å². The summed E-state index contributed by atoms with van der Waals surface area (Å²) in [6.07, 6.45) is 1.80. The largest absolute Gasteiger partial charge is 0.491 e. The molecule has 0 unspecified atom stereocenters. The number of aromatic nitrogens is 1. The number of nitrogens with one attached hydrogen (secondary N) is 2. The third kappa shape index (κ3) is 6.53. The first-order valence-electron chi connectivity index (χ1n) is 9.47. The number of anilines is 3. The minimum atomic E-state index is -0.264. The summed E-state index contributed by atoms with van der Waals surface area (Å²) in [5, 5.41) is 5.98. The summed E-state index contributed by atoms with van der Waals surface area (Å²) in [6.45, 7) is 5.91. The Kier molecular flexibility index (Phi) is 6.68. The van der Waals surface area contributed by atoms with Gasteiger partial charge in [-0.2, -0.15) is 0 Å². The van der Waals surface area contributed by atoms with Crippen LogP contribution in [0.15, 0.2) is 66.9 Å². The van der Waals surface area contributed by atoms with Crippen LogP contribution in [0.25, 0.3) is 0 Å². The number of carbonyl (C=O) groups is 1. The highest BCUT2D eigenvalue weighted by Crippen LogP contribution is 2.21. The second-order valence-electron chi connectivity index (χ2n) is 6.90. The number of benzene rings is 2. The Morgan fingerprint density at radius 3 is 2.21 bits per heavy atom. The van der Waals surface area contributed by atoms with Gasteiger partial charge in [-0.05, 0) is 69.3 Å². The highest BCUT2D eigenvalue weighted by atomic mass is 16.5. The quantitative estimate of drug-likeness (QED) is 0.569. The zero-order chi connectivity index (χ0) is 20.6. The molecule has 3 aromatic rings. The van der Waals surface area contributed by atoms with Gasteiger partial charge in [0.05, 0.1) is 18.0 Å². The normalized spacial score (nSPS) is 10.5. The minimum Gasteiger partial charge on any atom is -0.491 e. The molecule has 29 heavy (non-hydrogen) atoms. The van der Waals surface area contributed by atoms with Crippen LogP contribution in [0.3, 0.4) is 0 Å². The second-order valence-corrected chi connectivity index (χ2v) is 6.90. The van der Waals surface area contributed by atoms with Crippen LogP contribution in [0.2, 0.25) is 0 Å². The number of nitrogens with zero attached hydrogens (tertiary/aromatic N) is 1. The van der Waals surface area contributed by atoms with Crippen molar-refractivity contribution in [3.63, 3.8) is 0 Å². The van der Waals surface area contributed by atoms with E-state index in [1.807, 2.05) is 75.4 Å². The van der Waals surface area contributed by atoms with Gasteiger partial charge in [0.1, 0.15) is 17.3 Å². The van der Waals surface area contributed by atoms with Crippen molar-refractivity contribution < 1.29 is 14.3 Å². The van der Waals surface area contributed by atoms with Crippen molar-refractivity contribution in [1.29, 1.82) is 0 Å². The Morgan fingerprint density at radius 1 is 0.931 bits per heavy atom. The topological polar surface area (TPSA) is 72.5 Å². The number of carbonyl (C=O) groups excluding carboxylic acids is 1. The van der Waals surface area contributed by atoms with Crippen molar-refractivity contribution in [2.24, 2.45) is 0 Å². The molecule has 3 rings (SSSR count). The number of ether oxygens (including phenoxy) is 2. The fraction of sp³-hybridized carbons (Fsp3) is 0.217. The molecule has 1 heterocycles. The molecule has 2 N–H and O–H groups in total. The monoisotopic (exact) mass is 391 g/mol. The van der Waals surface area contributed by atoms with E-state index in [4.69, 9.17) is 9.47 Å². The molecule has 0 aliphatic rings. The van der Waals surface area contributed by atoms with E-state index in [1.165, 1.54) is 0 Å². The first kappa shape index (κ1) is 20.2. The predicted octanol–water partition coefficient (Wildman–Crippen LogP) is 4.94. The molecule has 6 nitrogen and oxygen atoms in total. The van der Waals surface area contributed by atoms with E-state index in [1.54, 1.807) is 12.3 Å². The molecule has 0 atom stereocenters. The number of rotatable bonds is 8. The van der Waals surface area contributed by atoms with Crippen LogP contribution in [-0.2, 0) is 4.79 Å². The average Bonchev–Trinajstić information content (AvgIpc) is 2.70. The molecular weight excluding hydrogens is 366 g/mol. The summed E-state index contributed by atoms with van der Waals surface area (Å²) >= 11 is 0. The van der Waals surface area contributed by atoms with Crippen LogP contribution in [0.4, 0.5) is 17.2 Å². The lowest BCUT2D eigenvalue weighted by Gasteiger charge is -2.11. The molecule has 0 aliphatic heterocycles. The third-order valence-corrected chi connectivity index (χ3v) is 3.94. The van der Waals surface area contributed by atoms with Crippen molar-refractivity contribution in [2.45, 2.75) is 26.9 Å². The molecule has 2 aromatic carbocycles. The van der Waals surface area contributed by atoms with E-state index in [0.717, 1.165) is 22.7 Å². The van der Waals surface area contributed by atoms with Crippen LogP contribution in [0.5, 0.6) is 11.5 Å². The van der Waals surface area contributed by atoms with Crippen LogP contribution < -0.4 is 20.1 Å². The first-order chi connectivity index (χ1) is 14.0. The zero-order valence-electron chi connectivity index (χ0n) is 16.8. The zero-order valence-corrected chi connectivity index (χ0v) is 16.8. The summed E-state index contributed by atoms with van der Waals surface area (Å²) in [6, 6.07) is 18.8. The van der Waals surface area contributed by atoms with Gasteiger partial charge >= 0.3 is 0 Å². The van der Waals surface area contributed by atoms with Crippen LogP contribution in [-0.4, -0.2) is 23.6 Å². The van der Waals surface area contributed by atoms with E-state index in [0.29, 0.717) is 11.6 Å². The van der Waals surface area contributed by atoms with Crippen molar-refractivity contribution in [3.8, 4) is 11.5 Å². The van der Waals surface area contributed by atoms with Crippen molar-refractivity contribution >= 4 is 23.1 Å². The Hall–Kier alpha value is -3.54. The summed E-state index contributed by atoms with van der Waals surface area (Å²) in [7, 11) is 0. The number of pyridine rings is 1. The fourth-order valence-electron chi connectivity index (χ4n) is 2.56. The van der Waals surface area contributed by atoms with Gasteiger partial charge in [0.2, 0.25) is 0 Å². The Labute approximate surface area is 170 Å². The summed E-state index contributed by atoms with van der Waals surface area (Å²) in [5.74, 6) is 1.69. The molecule has 0 saturated carbocycles. The van der Waals surface area contributed by atoms with Crippen LogP contribution >= 0.6 is 0 Å². The van der Waals surface area contributed by atoms with E-state index in [2.05, 4.69) is 15.6 Å². The molecule has 1 aromatic heterocycles. The van der Waals surface area contributed by atoms with Crippen LogP contribution in [0.1, 0.15) is 19.4 Å². The van der Waals surface area contributed by atoms with E-state index in [-0.39, 0.29) is 18.6 Å². The smallest absolute Gasteiger partial charge is 0.263 e. The van der Waals surface area contributed by atoms with Gasteiger partial charge in [-0.25, -0.2) is 4.98 Å². The Morgan fingerprint density at radius 2 is 1.59 bits per heavy atom. The number of aryl methyl sites for hydroxylation is 1. The summed E-state index contributed by atoms with van der Waals surface area (Å²) < 4.78 is 11.1. The predicted molar refractivity (Wildman–Crippen MR) is 115 cm³/mol. The lowest BCUT2D eigenvalue weighted by atomic mass is 10.2. The minimum absolute atomic E-state index is 0.0739. The van der Waals surface area contributed by atoms with Crippen molar-refractivity contribution in [2.75, 3.05) is 17.2 Å². The maximum Gasteiger partial charge on any atom is 0.263 e. The highest BCUT2D eigenvalue weighted by molar-refractivity contribution is 5.91. The molecular formula is C23H25N3O3. The summed E-state index contributed by atoms with van der Waals surface area (Å²) in [5.41, 5.74) is 2.88. The Bertz CT molecular complexity index is 921. The second kappa shape index (κ2) is 9.59. The lowest BCUT2D eigenvalue weighted by molar-refractivity contribution is -0.118. The lowest BCUT2D eigenvalue weighted by Crippen LogP contribution is -2.20. The molecule has 150 valence electrons. The molecule has 0 spiro atoms. The molecule has 0 radical (unpaired) electrons. The van der Waals surface area contributed by atoms with Crippen LogP contribution in [0, 0.1) is 6.92 Å². The Balaban J connectivity index is 1.49. The SMILES string of the molecule is Cc1ccc(OCC(=O)Nc2ccc(Nc3ccc(OC(C)C)cc3)cn2)cc1. The molecule has 0 saturated heterocycles. The third-order valence-electron chi connectivity index (χ3n) is 3.94. The average molecular weight is 391 g/mol. The van der Waals surface area contributed by atoms with E-state index in [9.17, 15) is 4.79 Å². The standard InChI is InChI=1S/C23H25N3O3/c1-16(2)29-21-11-6-18(7-12-21)25-19-8-13-22(24-14-19)26-23(27)15-28-20-9-4-17(3)5-10-20/h4-14,16,25H,15H2,1-3H3,(H,24,26,27). The highest BCUT2D eigenvalue weighted by Gasteiger charge is 2.05. The van der Waals surface area contributed by atoms with E-state index >= 15 is 0 Å². The molecule has 0 fully saturated rings. The fourth-order valence-corrected chi connectivity index (χ4v) is 2.56. The molecule has 0 aliphatic carbocycles. The van der Waals surface area contributed by atoms with Gasteiger partial charge in [-0.1, -0.05) is 17.7 Å². The number of amides is 1.